The molecular formula is C22H20FN3O2S. The SMILES string of the molecule is Cn1nc(-c2ccc(F)cc2)cc1C(=O)N(CCc1cccs1)Cc1ccco1. The highest BCUT2D eigenvalue weighted by molar-refractivity contribution is 7.09. The zero-order valence-electron chi connectivity index (χ0n) is 15.9. The van der Waals surface area contributed by atoms with Gasteiger partial charge in [0, 0.05) is 24.0 Å². The molecule has 3 aromatic heterocycles. The Labute approximate surface area is 172 Å². The smallest absolute Gasteiger partial charge is 0.272 e. The molecule has 0 aliphatic carbocycles. The van der Waals surface area contributed by atoms with Crippen molar-refractivity contribution in [2.24, 2.45) is 7.05 Å². The number of benzene rings is 1. The van der Waals surface area contributed by atoms with Crippen LogP contribution in [0.25, 0.3) is 11.3 Å². The maximum absolute atomic E-state index is 13.3. The van der Waals surface area contributed by atoms with Crippen molar-refractivity contribution in [3.63, 3.8) is 0 Å². The number of hydrogen-bond acceptors (Lipinski definition) is 4. The summed E-state index contributed by atoms with van der Waals surface area (Å²) in [7, 11) is 1.74. The van der Waals surface area contributed by atoms with Crippen LogP contribution in [-0.2, 0) is 20.0 Å². The lowest BCUT2D eigenvalue weighted by molar-refractivity contribution is 0.0722. The number of rotatable bonds is 7. The van der Waals surface area contributed by atoms with E-state index in [0.29, 0.717) is 24.5 Å². The highest BCUT2D eigenvalue weighted by Crippen LogP contribution is 2.21. The minimum Gasteiger partial charge on any atom is -0.467 e. The van der Waals surface area contributed by atoms with Crippen LogP contribution in [0.1, 0.15) is 21.1 Å². The molecule has 1 aromatic carbocycles. The quantitative estimate of drug-likeness (QED) is 0.442. The number of nitrogens with zero attached hydrogens (tertiary/aromatic N) is 3. The van der Waals surface area contributed by atoms with Crippen LogP contribution in [0.4, 0.5) is 4.39 Å². The normalized spacial score (nSPS) is 11.0. The number of carbonyl (C=O) groups is 1. The summed E-state index contributed by atoms with van der Waals surface area (Å²) in [5.74, 6) is 0.297. The van der Waals surface area contributed by atoms with Gasteiger partial charge in [0.1, 0.15) is 17.3 Å². The standard InChI is InChI=1S/C22H20FN3O2S/c1-25-21(14-20(24-25)16-6-8-17(23)9-7-16)22(27)26(15-18-4-2-12-28-18)11-10-19-5-3-13-29-19/h2-9,12-14H,10-11,15H2,1H3. The van der Waals surface area contributed by atoms with E-state index >= 15 is 0 Å². The van der Waals surface area contributed by atoms with Gasteiger partial charge in [-0.15, -0.1) is 11.3 Å². The number of thiophene rings is 1. The Hall–Kier alpha value is -3.19. The number of carbonyl (C=O) groups excluding carboxylic acids is 1. The summed E-state index contributed by atoms with van der Waals surface area (Å²) >= 11 is 1.68. The van der Waals surface area contributed by atoms with Gasteiger partial charge in [0.2, 0.25) is 0 Å². The first-order valence-corrected chi connectivity index (χ1v) is 10.1. The first-order chi connectivity index (χ1) is 14.1. The van der Waals surface area contributed by atoms with E-state index in [0.717, 1.165) is 17.7 Å². The van der Waals surface area contributed by atoms with Gasteiger partial charge in [0.25, 0.3) is 5.91 Å². The Morgan fingerprint density at radius 1 is 1.21 bits per heavy atom. The van der Waals surface area contributed by atoms with Crippen LogP contribution in [0.15, 0.2) is 70.7 Å². The van der Waals surface area contributed by atoms with E-state index in [4.69, 9.17) is 4.42 Å². The molecule has 4 aromatic rings. The topological polar surface area (TPSA) is 51.3 Å². The molecule has 3 heterocycles. The monoisotopic (exact) mass is 409 g/mol. The maximum atomic E-state index is 13.3. The largest absolute Gasteiger partial charge is 0.467 e. The number of furan rings is 1. The lowest BCUT2D eigenvalue weighted by Gasteiger charge is -2.21. The molecule has 7 heteroatoms. The molecular weight excluding hydrogens is 389 g/mol. The van der Waals surface area contributed by atoms with E-state index in [1.165, 1.54) is 17.0 Å². The first kappa shape index (κ1) is 19.1. The van der Waals surface area contributed by atoms with Gasteiger partial charge in [-0.05, 0) is 60.3 Å². The maximum Gasteiger partial charge on any atom is 0.272 e. The molecule has 0 saturated heterocycles. The number of aromatic nitrogens is 2. The van der Waals surface area contributed by atoms with Crippen LogP contribution in [0.5, 0.6) is 0 Å². The molecule has 0 N–H and O–H groups in total. The fourth-order valence-electron chi connectivity index (χ4n) is 3.13. The zero-order valence-corrected chi connectivity index (χ0v) is 16.7. The fourth-order valence-corrected chi connectivity index (χ4v) is 3.83. The highest BCUT2D eigenvalue weighted by Gasteiger charge is 2.22. The molecule has 1 amide bonds. The molecule has 0 atom stereocenters. The lowest BCUT2D eigenvalue weighted by atomic mass is 10.1. The van der Waals surface area contributed by atoms with Gasteiger partial charge in [-0.3, -0.25) is 9.48 Å². The van der Waals surface area contributed by atoms with E-state index in [1.54, 1.807) is 52.4 Å². The van der Waals surface area contributed by atoms with Crippen LogP contribution < -0.4 is 0 Å². The van der Waals surface area contributed by atoms with Crippen molar-refractivity contribution >= 4 is 17.2 Å². The van der Waals surface area contributed by atoms with E-state index in [9.17, 15) is 9.18 Å². The predicted octanol–water partition coefficient (Wildman–Crippen LogP) is 4.77. The van der Waals surface area contributed by atoms with Crippen molar-refractivity contribution in [2.45, 2.75) is 13.0 Å². The summed E-state index contributed by atoms with van der Waals surface area (Å²) in [4.78, 5) is 16.3. The Balaban J connectivity index is 1.58. The average Bonchev–Trinajstić information content (AvgIpc) is 3.47. The van der Waals surface area contributed by atoms with Crippen LogP contribution >= 0.6 is 11.3 Å². The molecule has 0 unspecified atom stereocenters. The minimum atomic E-state index is -0.306. The molecule has 5 nitrogen and oxygen atoms in total. The third kappa shape index (κ3) is 4.46. The van der Waals surface area contributed by atoms with Crippen molar-refractivity contribution in [1.29, 1.82) is 0 Å². The predicted molar refractivity (Wildman–Crippen MR) is 110 cm³/mol. The van der Waals surface area contributed by atoms with E-state index in [-0.39, 0.29) is 11.7 Å². The van der Waals surface area contributed by atoms with Gasteiger partial charge in [0.05, 0.1) is 18.5 Å². The molecule has 0 fully saturated rings. The van der Waals surface area contributed by atoms with Gasteiger partial charge in [-0.1, -0.05) is 6.07 Å². The Morgan fingerprint density at radius 3 is 2.72 bits per heavy atom. The third-order valence-electron chi connectivity index (χ3n) is 4.66. The number of halogens is 1. The van der Waals surface area contributed by atoms with Gasteiger partial charge in [0.15, 0.2) is 0 Å². The number of aryl methyl sites for hydroxylation is 1. The molecule has 0 saturated carbocycles. The molecule has 0 spiro atoms. The summed E-state index contributed by atoms with van der Waals surface area (Å²) in [6.45, 7) is 0.950. The second-order valence-electron chi connectivity index (χ2n) is 6.68. The van der Waals surface area contributed by atoms with Gasteiger partial charge < -0.3 is 9.32 Å². The van der Waals surface area contributed by atoms with Gasteiger partial charge in [-0.25, -0.2) is 4.39 Å². The summed E-state index contributed by atoms with van der Waals surface area (Å²) in [6, 6.07) is 15.6. The van der Waals surface area contributed by atoms with Crippen LogP contribution in [0.2, 0.25) is 0 Å². The molecule has 0 aliphatic heterocycles. The van der Waals surface area contributed by atoms with Gasteiger partial charge in [-0.2, -0.15) is 5.10 Å². The van der Waals surface area contributed by atoms with E-state index < -0.39 is 0 Å². The van der Waals surface area contributed by atoms with Crippen molar-refractivity contribution in [1.82, 2.24) is 14.7 Å². The van der Waals surface area contributed by atoms with Crippen molar-refractivity contribution in [3.05, 3.63) is 88.4 Å². The van der Waals surface area contributed by atoms with Crippen LogP contribution in [-0.4, -0.2) is 27.1 Å². The number of amides is 1. The zero-order chi connectivity index (χ0) is 20.2. The third-order valence-corrected chi connectivity index (χ3v) is 5.60. The molecule has 4 rings (SSSR count). The summed E-state index contributed by atoms with van der Waals surface area (Å²) in [5.41, 5.74) is 1.87. The summed E-state index contributed by atoms with van der Waals surface area (Å²) in [6.07, 6.45) is 2.38. The van der Waals surface area contributed by atoms with Gasteiger partial charge >= 0.3 is 0 Å². The minimum absolute atomic E-state index is 0.124. The van der Waals surface area contributed by atoms with Crippen molar-refractivity contribution in [2.75, 3.05) is 6.54 Å². The van der Waals surface area contributed by atoms with Crippen molar-refractivity contribution in [3.8, 4) is 11.3 Å². The molecule has 148 valence electrons. The second-order valence-corrected chi connectivity index (χ2v) is 7.71. The number of hydrogen-bond donors (Lipinski definition) is 0. The van der Waals surface area contributed by atoms with E-state index in [2.05, 4.69) is 11.2 Å². The molecule has 29 heavy (non-hydrogen) atoms. The van der Waals surface area contributed by atoms with E-state index in [1.807, 2.05) is 23.6 Å². The van der Waals surface area contributed by atoms with Crippen molar-refractivity contribution < 1.29 is 13.6 Å². The Morgan fingerprint density at radius 2 is 2.03 bits per heavy atom. The summed E-state index contributed by atoms with van der Waals surface area (Å²) in [5, 5.41) is 6.48. The van der Waals surface area contributed by atoms with Crippen LogP contribution in [0, 0.1) is 5.82 Å². The Bertz CT molecular complexity index is 1070. The molecule has 0 bridgehead atoms. The van der Waals surface area contributed by atoms with Crippen LogP contribution in [0.3, 0.4) is 0 Å². The Kier molecular flexibility index (Phi) is 5.57. The highest BCUT2D eigenvalue weighted by atomic mass is 32.1. The summed E-state index contributed by atoms with van der Waals surface area (Å²) < 4.78 is 20.2. The lowest BCUT2D eigenvalue weighted by Crippen LogP contribution is -2.33. The first-order valence-electron chi connectivity index (χ1n) is 9.24. The average molecular weight is 409 g/mol. The molecule has 0 aliphatic rings. The fraction of sp³-hybridized carbons (Fsp3) is 0.182. The second kappa shape index (κ2) is 8.45. The molecule has 0 radical (unpaired) electrons.